The molecule has 1 aliphatic heterocycles. The maximum absolute atomic E-state index is 11.1. The summed E-state index contributed by atoms with van der Waals surface area (Å²) < 4.78 is 16.5. The number of rotatable bonds is 3. The van der Waals surface area contributed by atoms with Gasteiger partial charge in [-0.15, -0.1) is 0 Å². The fourth-order valence-electron chi connectivity index (χ4n) is 1.80. The highest BCUT2D eigenvalue weighted by molar-refractivity contribution is 6.74. The van der Waals surface area contributed by atoms with Crippen LogP contribution in [0.4, 0.5) is 0 Å². The third kappa shape index (κ3) is 4.02. The average molecular weight is 305 g/mol. The largest absolute Gasteiger partial charge is 0.455 e. The Kier molecular flexibility index (Phi) is 5.37. The number of carbonyl (C=O) groups is 1. The Morgan fingerprint density at radius 3 is 2.40 bits per heavy atom. The molecule has 1 saturated heterocycles. The van der Waals surface area contributed by atoms with Crippen molar-refractivity contribution >= 4 is 14.3 Å². The number of nitrogens with two attached hydrogens (primary N) is 1. The van der Waals surface area contributed by atoms with Gasteiger partial charge >= 0.3 is 5.97 Å². The molecule has 3 N–H and O–H groups in total. The van der Waals surface area contributed by atoms with Crippen molar-refractivity contribution in [3.63, 3.8) is 0 Å². The molecule has 0 aromatic heterocycles. The van der Waals surface area contributed by atoms with Gasteiger partial charge < -0.3 is 24.7 Å². The Bertz CT molecular complexity index is 355. The summed E-state index contributed by atoms with van der Waals surface area (Å²) in [6, 6.07) is -0.600. The molecule has 0 spiro atoms. The molecule has 118 valence electrons. The van der Waals surface area contributed by atoms with Gasteiger partial charge in [-0.05, 0) is 18.1 Å². The van der Waals surface area contributed by atoms with Gasteiger partial charge in [-0.2, -0.15) is 0 Å². The standard InChI is InChI=1S/C13H27NO5Si/c1-8(15)18-11-10(14)9(7-17-12(11)16)19-20(5,6)13(2,3)4/h9-12,16H,7,14H2,1-6H3/t9?,10-,11+,12?/m0/s1. The first-order valence-electron chi connectivity index (χ1n) is 6.86. The monoisotopic (exact) mass is 305 g/mol. The Morgan fingerprint density at radius 2 is 1.95 bits per heavy atom. The van der Waals surface area contributed by atoms with Gasteiger partial charge in [0.15, 0.2) is 20.7 Å². The van der Waals surface area contributed by atoms with Gasteiger partial charge in [-0.1, -0.05) is 20.8 Å². The molecule has 0 aromatic rings. The number of aliphatic hydroxyl groups excluding tert-OH is 1. The maximum atomic E-state index is 11.1. The van der Waals surface area contributed by atoms with Crippen molar-refractivity contribution in [3.8, 4) is 0 Å². The molecule has 1 fully saturated rings. The smallest absolute Gasteiger partial charge is 0.303 e. The lowest BCUT2D eigenvalue weighted by Crippen LogP contribution is -2.62. The summed E-state index contributed by atoms with van der Waals surface area (Å²) in [5.74, 6) is -0.499. The Balaban J connectivity index is 2.79. The highest BCUT2D eigenvalue weighted by Crippen LogP contribution is 2.38. The third-order valence-corrected chi connectivity index (χ3v) is 8.58. The highest BCUT2D eigenvalue weighted by atomic mass is 28.4. The summed E-state index contributed by atoms with van der Waals surface area (Å²) in [6.45, 7) is 12.1. The number of hydrogen-bond donors (Lipinski definition) is 2. The topological polar surface area (TPSA) is 91.0 Å². The van der Waals surface area contributed by atoms with E-state index < -0.39 is 32.7 Å². The van der Waals surface area contributed by atoms with E-state index in [9.17, 15) is 9.90 Å². The number of aliphatic hydroxyl groups is 1. The predicted molar refractivity (Wildman–Crippen MR) is 77.6 cm³/mol. The van der Waals surface area contributed by atoms with Crippen LogP contribution in [0.2, 0.25) is 18.1 Å². The summed E-state index contributed by atoms with van der Waals surface area (Å²) in [5, 5.41) is 9.78. The van der Waals surface area contributed by atoms with Crippen molar-refractivity contribution in [2.24, 2.45) is 5.73 Å². The molecule has 0 aromatic carbocycles. The minimum absolute atomic E-state index is 0.0414. The average Bonchev–Trinajstić information content (AvgIpc) is 2.26. The fraction of sp³-hybridized carbons (Fsp3) is 0.923. The number of ether oxygens (including phenoxy) is 2. The van der Waals surface area contributed by atoms with E-state index in [0.29, 0.717) is 0 Å². The lowest BCUT2D eigenvalue weighted by Gasteiger charge is -2.44. The first kappa shape index (κ1) is 17.6. The van der Waals surface area contributed by atoms with Gasteiger partial charge in [0.05, 0.1) is 18.8 Å². The van der Waals surface area contributed by atoms with Crippen molar-refractivity contribution < 1.29 is 23.8 Å². The van der Waals surface area contributed by atoms with Gasteiger partial charge in [0.2, 0.25) is 0 Å². The summed E-state index contributed by atoms with van der Waals surface area (Å²) in [7, 11) is -2.01. The molecular formula is C13H27NO5Si. The van der Waals surface area contributed by atoms with E-state index in [1.807, 2.05) is 0 Å². The van der Waals surface area contributed by atoms with Crippen LogP contribution in [0.1, 0.15) is 27.7 Å². The number of carbonyl (C=O) groups excluding carboxylic acids is 1. The summed E-state index contributed by atoms with van der Waals surface area (Å²) in [6.07, 6.45) is -2.48. The van der Waals surface area contributed by atoms with E-state index in [1.165, 1.54) is 6.92 Å². The van der Waals surface area contributed by atoms with E-state index in [4.69, 9.17) is 19.6 Å². The van der Waals surface area contributed by atoms with E-state index in [-0.39, 0.29) is 17.7 Å². The van der Waals surface area contributed by atoms with Crippen LogP contribution >= 0.6 is 0 Å². The fourth-order valence-corrected chi connectivity index (χ4v) is 3.13. The summed E-state index contributed by atoms with van der Waals surface area (Å²) >= 11 is 0. The van der Waals surface area contributed by atoms with Crippen LogP contribution in [0.5, 0.6) is 0 Å². The zero-order valence-electron chi connectivity index (χ0n) is 13.2. The molecule has 7 heteroatoms. The molecule has 0 amide bonds. The molecule has 0 saturated carbocycles. The lowest BCUT2D eigenvalue weighted by atomic mass is 10.0. The zero-order chi connectivity index (χ0) is 15.7. The van der Waals surface area contributed by atoms with Crippen LogP contribution < -0.4 is 5.73 Å². The molecule has 1 heterocycles. The van der Waals surface area contributed by atoms with Gasteiger partial charge in [-0.3, -0.25) is 4.79 Å². The van der Waals surface area contributed by atoms with Crippen LogP contribution in [0, 0.1) is 0 Å². The molecular weight excluding hydrogens is 278 g/mol. The SMILES string of the molecule is CC(=O)O[C@H]1C(O)OCC(O[Si](C)(C)C(C)(C)C)[C@@H]1N. The van der Waals surface area contributed by atoms with Crippen molar-refractivity contribution in [3.05, 3.63) is 0 Å². The zero-order valence-corrected chi connectivity index (χ0v) is 14.2. The molecule has 4 atom stereocenters. The Hall–Kier alpha value is -0.473. The highest BCUT2D eigenvalue weighted by Gasteiger charge is 2.46. The second-order valence-corrected chi connectivity index (χ2v) is 11.5. The molecule has 1 aliphatic rings. The Morgan fingerprint density at radius 1 is 1.40 bits per heavy atom. The third-order valence-electron chi connectivity index (χ3n) is 4.08. The number of hydrogen-bond acceptors (Lipinski definition) is 6. The van der Waals surface area contributed by atoms with Crippen molar-refractivity contribution in [2.45, 2.75) is 70.4 Å². The van der Waals surface area contributed by atoms with Crippen LogP contribution in [-0.2, 0) is 18.7 Å². The van der Waals surface area contributed by atoms with Crippen molar-refractivity contribution in [1.29, 1.82) is 0 Å². The van der Waals surface area contributed by atoms with Crippen molar-refractivity contribution in [2.75, 3.05) is 6.61 Å². The predicted octanol–water partition coefficient (Wildman–Crippen LogP) is 0.984. The maximum Gasteiger partial charge on any atom is 0.303 e. The number of esters is 1. The summed E-state index contributed by atoms with van der Waals surface area (Å²) in [4.78, 5) is 11.1. The molecule has 1 rings (SSSR count). The van der Waals surface area contributed by atoms with Gasteiger partial charge in [0.1, 0.15) is 0 Å². The Labute approximate surface area is 121 Å². The van der Waals surface area contributed by atoms with Gasteiger partial charge in [-0.25, -0.2) is 0 Å². The van der Waals surface area contributed by atoms with E-state index in [2.05, 4.69) is 33.9 Å². The second kappa shape index (κ2) is 6.11. The molecule has 0 radical (unpaired) electrons. The van der Waals surface area contributed by atoms with Crippen LogP contribution in [0.15, 0.2) is 0 Å². The molecule has 2 unspecified atom stereocenters. The first-order valence-corrected chi connectivity index (χ1v) is 9.77. The first-order chi connectivity index (χ1) is 8.95. The quantitative estimate of drug-likeness (QED) is 0.597. The molecule has 6 nitrogen and oxygen atoms in total. The second-order valence-electron chi connectivity index (χ2n) is 6.79. The minimum atomic E-state index is -2.01. The molecule has 0 bridgehead atoms. The van der Waals surface area contributed by atoms with Crippen molar-refractivity contribution in [1.82, 2.24) is 0 Å². The van der Waals surface area contributed by atoms with Gasteiger partial charge in [0.25, 0.3) is 0 Å². The van der Waals surface area contributed by atoms with Gasteiger partial charge in [0, 0.05) is 6.92 Å². The lowest BCUT2D eigenvalue weighted by molar-refractivity contribution is -0.228. The minimum Gasteiger partial charge on any atom is -0.455 e. The van der Waals surface area contributed by atoms with E-state index in [1.54, 1.807) is 0 Å². The normalized spacial score (nSPS) is 32.0. The summed E-state index contributed by atoms with van der Waals surface area (Å²) in [5.41, 5.74) is 6.09. The van der Waals surface area contributed by atoms with Crippen LogP contribution in [0.25, 0.3) is 0 Å². The molecule has 20 heavy (non-hydrogen) atoms. The van der Waals surface area contributed by atoms with E-state index in [0.717, 1.165) is 0 Å². The van der Waals surface area contributed by atoms with Crippen LogP contribution in [0.3, 0.4) is 0 Å². The molecule has 0 aliphatic carbocycles. The van der Waals surface area contributed by atoms with E-state index >= 15 is 0 Å². The van der Waals surface area contributed by atoms with Crippen LogP contribution in [-0.4, -0.2) is 50.5 Å².